The zero-order valence-corrected chi connectivity index (χ0v) is 12.6. The van der Waals surface area contributed by atoms with Gasteiger partial charge >= 0.3 is 0 Å². The van der Waals surface area contributed by atoms with Crippen molar-refractivity contribution in [3.05, 3.63) is 82.3 Å². The molecule has 0 aromatic heterocycles. The maximum absolute atomic E-state index is 12.2. The number of carbonyl (C=O) groups excluding carboxylic acids is 1. The molecular weight excluding hydrogens is 274 g/mol. The van der Waals surface area contributed by atoms with Crippen LogP contribution < -0.4 is 5.32 Å². The van der Waals surface area contributed by atoms with Gasteiger partial charge in [-0.1, -0.05) is 47.5 Å². The van der Waals surface area contributed by atoms with Gasteiger partial charge < -0.3 is 10.4 Å². The number of rotatable bonds is 3. The van der Waals surface area contributed by atoms with Gasteiger partial charge in [0.05, 0.1) is 5.57 Å². The lowest BCUT2D eigenvalue weighted by molar-refractivity contribution is -0.113. The number of hydrogen-bond donors (Lipinski definition) is 2. The predicted octanol–water partition coefficient (Wildman–Crippen LogP) is 4.15. The summed E-state index contributed by atoms with van der Waals surface area (Å²) < 4.78 is 0. The molecule has 1 aliphatic rings. The molecule has 0 aliphatic heterocycles. The van der Waals surface area contributed by atoms with E-state index in [1.807, 2.05) is 62.4 Å². The minimum Gasteiger partial charge on any atom is -0.505 e. The van der Waals surface area contributed by atoms with Crippen LogP contribution in [0, 0.1) is 13.8 Å². The molecule has 0 saturated heterocycles. The van der Waals surface area contributed by atoms with Crippen molar-refractivity contribution in [3.63, 3.8) is 0 Å². The third-order valence-electron chi connectivity index (χ3n) is 3.67. The molecule has 22 heavy (non-hydrogen) atoms. The Kier molecular flexibility index (Phi) is 3.55. The zero-order chi connectivity index (χ0) is 15.7. The Bertz CT molecular complexity index is 781. The van der Waals surface area contributed by atoms with Gasteiger partial charge in [0.1, 0.15) is 5.70 Å². The Hall–Kier alpha value is -2.81. The molecule has 0 saturated carbocycles. The first-order chi connectivity index (χ1) is 10.5. The monoisotopic (exact) mass is 291 g/mol. The molecule has 0 radical (unpaired) electrons. The third-order valence-corrected chi connectivity index (χ3v) is 3.67. The molecule has 0 amide bonds. The minimum absolute atomic E-state index is 0.0196. The van der Waals surface area contributed by atoms with Crippen LogP contribution in [0.2, 0.25) is 0 Å². The van der Waals surface area contributed by atoms with Crippen LogP contribution in [0.4, 0.5) is 5.69 Å². The lowest BCUT2D eigenvalue weighted by Crippen LogP contribution is -2.27. The summed E-state index contributed by atoms with van der Waals surface area (Å²) in [5.74, 6) is -0.148. The van der Waals surface area contributed by atoms with E-state index in [0.29, 0.717) is 5.57 Å². The summed E-state index contributed by atoms with van der Waals surface area (Å²) in [6, 6.07) is 15.5. The average molecular weight is 291 g/mol. The van der Waals surface area contributed by atoms with E-state index >= 15 is 0 Å². The number of aliphatic hydroxyl groups is 1. The first-order valence-corrected chi connectivity index (χ1v) is 7.15. The van der Waals surface area contributed by atoms with Gasteiger partial charge in [-0.25, -0.2) is 0 Å². The number of aryl methyl sites for hydroxylation is 2. The van der Waals surface area contributed by atoms with Crippen LogP contribution in [0.3, 0.4) is 0 Å². The topological polar surface area (TPSA) is 49.3 Å². The van der Waals surface area contributed by atoms with Gasteiger partial charge in [-0.2, -0.15) is 0 Å². The fourth-order valence-corrected chi connectivity index (χ4v) is 2.28. The van der Waals surface area contributed by atoms with E-state index < -0.39 is 0 Å². The molecule has 0 bridgehead atoms. The second-order valence-electron chi connectivity index (χ2n) is 5.51. The molecule has 2 N–H and O–H groups in total. The second kappa shape index (κ2) is 5.53. The summed E-state index contributed by atoms with van der Waals surface area (Å²) in [7, 11) is 0. The predicted molar refractivity (Wildman–Crippen MR) is 88.6 cm³/mol. The lowest BCUT2D eigenvalue weighted by atomic mass is 9.91. The van der Waals surface area contributed by atoms with Crippen LogP contribution in [0.1, 0.15) is 16.7 Å². The molecule has 0 fully saturated rings. The number of ketones is 1. The minimum atomic E-state index is -0.168. The van der Waals surface area contributed by atoms with Crippen LogP contribution in [-0.2, 0) is 4.79 Å². The van der Waals surface area contributed by atoms with E-state index in [9.17, 15) is 9.90 Å². The van der Waals surface area contributed by atoms with Gasteiger partial charge in [-0.05, 0) is 37.6 Å². The third kappa shape index (κ3) is 2.66. The highest BCUT2D eigenvalue weighted by Gasteiger charge is 2.33. The number of aliphatic hydroxyl groups excluding tert-OH is 1. The molecule has 0 atom stereocenters. The van der Waals surface area contributed by atoms with Crippen molar-refractivity contribution in [1.29, 1.82) is 0 Å². The fourth-order valence-electron chi connectivity index (χ4n) is 2.28. The van der Waals surface area contributed by atoms with E-state index in [1.54, 1.807) is 6.08 Å². The van der Waals surface area contributed by atoms with Crippen LogP contribution in [0.25, 0.3) is 6.08 Å². The number of allylic oxidation sites excluding steroid dienone is 2. The lowest BCUT2D eigenvalue weighted by Gasteiger charge is -2.22. The van der Waals surface area contributed by atoms with Gasteiger partial charge in [-0.3, -0.25) is 4.79 Å². The number of hydrogen-bond acceptors (Lipinski definition) is 3. The Morgan fingerprint density at radius 3 is 2.00 bits per heavy atom. The molecule has 2 aromatic carbocycles. The van der Waals surface area contributed by atoms with Crippen molar-refractivity contribution in [1.82, 2.24) is 0 Å². The van der Waals surface area contributed by atoms with Crippen LogP contribution in [0.15, 0.2) is 65.6 Å². The van der Waals surface area contributed by atoms with Crippen LogP contribution >= 0.6 is 0 Å². The number of anilines is 1. The molecular formula is C19H17NO2. The largest absolute Gasteiger partial charge is 0.505 e. The molecule has 3 heteroatoms. The molecule has 2 aromatic rings. The van der Waals surface area contributed by atoms with Gasteiger partial charge in [0.25, 0.3) is 0 Å². The highest BCUT2D eigenvalue weighted by molar-refractivity contribution is 6.22. The molecule has 110 valence electrons. The molecule has 0 spiro atoms. The van der Waals surface area contributed by atoms with E-state index in [2.05, 4.69) is 5.32 Å². The second-order valence-corrected chi connectivity index (χ2v) is 5.51. The smallest absolute Gasteiger partial charge is 0.216 e. The Morgan fingerprint density at radius 2 is 1.45 bits per heavy atom. The first kappa shape index (κ1) is 14.1. The molecule has 1 aliphatic carbocycles. The Labute approximate surface area is 129 Å². The quantitative estimate of drug-likeness (QED) is 0.835. The number of benzene rings is 2. The van der Waals surface area contributed by atoms with Crippen molar-refractivity contribution in [2.24, 2.45) is 0 Å². The summed E-state index contributed by atoms with van der Waals surface area (Å²) >= 11 is 0. The van der Waals surface area contributed by atoms with Gasteiger partial charge in [0.15, 0.2) is 5.76 Å². The van der Waals surface area contributed by atoms with Gasteiger partial charge in [0.2, 0.25) is 5.78 Å². The Balaban J connectivity index is 1.82. The SMILES string of the molecule is Cc1ccc(C=C2C(=O)C(Nc3ccc(C)cc3)=C2O)cc1. The van der Waals surface area contributed by atoms with Crippen molar-refractivity contribution in [2.45, 2.75) is 13.8 Å². The summed E-state index contributed by atoms with van der Waals surface area (Å²) in [5.41, 5.74) is 4.58. The number of carbonyl (C=O) groups is 1. The summed E-state index contributed by atoms with van der Waals surface area (Å²) in [6.45, 7) is 4.00. The molecule has 0 heterocycles. The van der Waals surface area contributed by atoms with E-state index in [-0.39, 0.29) is 17.2 Å². The normalized spacial score (nSPS) is 15.9. The molecule has 3 nitrogen and oxygen atoms in total. The number of Topliss-reactive ketones (excluding diaryl/α,β-unsaturated/α-hetero) is 1. The van der Waals surface area contributed by atoms with Crippen LogP contribution in [-0.4, -0.2) is 10.9 Å². The van der Waals surface area contributed by atoms with E-state index in [4.69, 9.17) is 0 Å². The Morgan fingerprint density at radius 1 is 0.909 bits per heavy atom. The van der Waals surface area contributed by atoms with E-state index in [1.165, 1.54) is 0 Å². The first-order valence-electron chi connectivity index (χ1n) is 7.15. The van der Waals surface area contributed by atoms with Crippen molar-refractivity contribution in [3.8, 4) is 0 Å². The van der Waals surface area contributed by atoms with Crippen molar-refractivity contribution >= 4 is 17.5 Å². The molecule has 3 rings (SSSR count). The molecule has 0 unspecified atom stereocenters. The average Bonchev–Trinajstić information content (AvgIpc) is 2.53. The standard InChI is InChI=1S/C19H17NO2/c1-12-3-7-14(8-4-12)11-16-18(21)17(19(16)22)20-15-9-5-13(2)6-10-15/h3-11,20-21H,1-2H3. The summed E-state index contributed by atoms with van der Waals surface area (Å²) in [6.07, 6.45) is 1.71. The van der Waals surface area contributed by atoms with Crippen LogP contribution in [0.5, 0.6) is 0 Å². The van der Waals surface area contributed by atoms with Gasteiger partial charge in [0, 0.05) is 5.69 Å². The maximum atomic E-state index is 12.2. The van der Waals surface area contributed by atoms with Crippen molar-refractivity contribution < 1.29 is 9.90 Å². The summed E-state index contributed by atoms with van der Waals surface area (Å²) in [5, 5.41) is 13.1. The highest BCUT2D eigenvalue weighted by atomic mass is 16.3. The van der Waals surface area contributed by atoms with Crippen molar-refractivity contribution in [2.75, 3.05) is 5.32 Å². The maximum Gasteiger partial charge on any atom is 0.216 e. The summed E-state index contributed by atoms with van der Waals surface area (Å²) in [4.78, 5) is 12.2. The van der Waals surface area contributed by atoms with Gasteiger partial charge in [-0.15, -0.1) is 0 Å². The highest BCUT2D eigenvalue weighted by Crippen LogP contribution is 2.31. The van der Waals surface area contributed by atoms with E-state index in [0.717, 1.165) is 22.4 Å². The zero-order valence-electron chi connectivity index (χ0n) is 12.6. The number of nitrogens with one attached hydrogen (secondary N) is 1. The fraction of sp³-hybridized carbons (Fsp3) is 0.105.